The highest BCUT2D eigenvalue weighted by molar-refractivity contribution is 5.99. The number of nitrogens with zero attached hydrogens (tertiary/aromatic N) is 1. The number of hydrogen-bond acceptors (Lipinski definition) is 4. The van der Waals surface area contributed by atoms with Gasteiger partial charge in [0.05, 0.1) is 0 Å². The molecule has 2 rings (SSSR count). The number of aryl methyl sites for hydroxylation is 3. The predicted molar refractivity (Wildman–Crippen MR) is 148 cm³/mol. The lowest BCUT2D eigenvalue weighted by Crippen LogP contribution is -2.53. The lowest BCUT2D eigenvalue weighted by Gasteiger charge is -2.35. The number of alkyl carbamates (subject to hydrolysis) is 1. The van der Waals surface area contributed by atoms with E-state index in [2.05, 4.69) is 10.6 Å². The Morgan fingerprint density at radius 1 is 0.919 bits per heavy atom. The van der Waals surface area contributed by atoms with E-state index in [4.69, 9.17) is 4.74 Å². The number of amides is 3. The van der Waals surface area contributed by atoms with Gasteiger partial charge in [-0.1, -0.05) is 50.2 Å². The van der Waals surface area contributed by atoms with E-state index in [0.717, 1.165) is 22.3 Å². The molecule has 202 valence electrons. The molecule has 0 aliphatic heterocycles. The predicted octanol–water partition coefficient (Wildman–Crippen LogP) is 6.08. The number of nitrogens with one attached hydrogen (secondary N) is 2. The molecule has 37 heavy (non-hydrogen) atoms. The largest absolute Gasteiger partial charge is 0.444 e. The van der Waals surface area contributed by atoms with Crippen LogP contribution in [0.4, 0.5) is 10.5 Å². The number of para-hydroxylation sites is 1. The van der Waals surface area contributed by atoms with Crippen LogP contribution < -0.4 is 10.6 Å². The van der Waals surface area contributed by atoms with Gasteiger partial charge in [-0.15, -0.1) is 0 Å². The van der Waals surface area contributed by atoms with Gasteiger partial charge in [0.1, 0.15) is 17.7 Å². The van der Waals surface area contributed by atoms with Crippen LogP contribution in [0.25, 0.3) is 0 Å². The molecule has 0 saturated heterocycles. The van der Waals surface area contributed by atoms with Gasteiger partial charge in [-0.2, -0.15) is 0 Å². The Labute approximate surface area is 222 Å². The van der Waals surface area contributed by atoms with Gasteiger partial charge < -0.3 is 20.3 Å². The second-order valence-electron chi connectivity index (χ2n) is 11.0. The van der Waals surface area contributed by atoms with Crippen molar-refractivity contribution in [2.24, 2.45) is 5.92 Å². The average Bonchev–Trinajstić information content (AvgIpc) is 2.77. The molecule has 3 amide bonds. The van der Waals surface area contributed by atoms with Crippen LogP contribution in [0.2, 0.25) is 0 Å². The van der Waals surface area contributed by atoms with Crippen molar-refractivity contribution < 1.29 is 19.1 Å². The van der Waals surface area contributed by atoms with Crippen LogP contribution in [0.1, 0.15) is 76.3 Å². The lowest BCUT2D eigenvalue weighted by atomic mass is 9.93. The van der Waals surface area contributed by atoms with E-state index in [1.54, 1.807) is 25.7 Å². The summed E-state index contributed by atoms with van der Waals surface area (Å²) in [6, 6.07) is 11.7. The van der Waals surface area contributed by atoms with Crippen molar-refractivity contribution in [3.8, 4) is 0 Å². The molecule has 0 spiro atoms. The molecule has 2 unspecified atom stereocenters. The van der Waals surface area contributed by atoms with Gasteiger partial charge in [-0.05, 0) is 89.1 Å². The van der Waals surface area contributed by atoms with Gasteiger partial charge >= 0.3 is 6.09 Å². The maximum absolute atomic E-state index is 14.0. The van der Waals surface area contributed by atoms with Gasteiger partial charge in [0.15, 0.2) is 0 Å². The van der Waals surface area contributed by atoms with Crippen LogP contribution in [0, 0.1) is 26.7 Å². The monoisotopic (exact) mass is 509 g/mol. The number of hydrogen-bond donors (Lipinski definition) is 2. The summed E-state index contributed by atoms with van der Waals surface area (Å²) in [6.45, 7) is 17.2. The van der Waals surface area contributed by atoms with E-state index in [9.17, 15) is 14.4 Å². The zero-order chi connectivity index (χ0) is 27.9. The molecule has 0 bridgehead atoms. The first-order chi connectivity index (χ1) is 17.2. The quantitative estimate of drug-likeness (QED) is 0.429. The molecule has 0 fully saturated rings. The van der Waals surface area contributed by atoms with Crippen molar-refractivity contribution in [2.75, 3.05) is 11.9 Å². The van der Waals surface area contributed by atoms with Crippen molar-refractivity contribution in [3.05, 3.63) is 64.7 Å². The average molecular weight is 510 g/mol. The second kappa shape index (κ2) is 12.7. The van der Waals surface area contributed by atoms with Gasteiger partial charge in [0.25, 0.3) is 5.91 Å². The Morgan fingerprint density at radius 2 is 1.49 bits per heavy atom. The van der Waals surface area contributed by atoms with Gasteiger partial charge in [0.2, 0.25) is 5.91 Å². The van der Waals surface area contributed by atoms with Crippen molar-refractivity contribution in [2.45, 2.75) is 86.4 Å². The fourth-order valence-corrected chi connectivity index (χ4v) is 4.41. The molecule has 0 saturated carbocycles. The summed E-state index contributed by atoms with van der Waals surface area (Å²) in [5, 5.41) is 5.81. The molecule has 2 N–H and O–H groups in total. The molecule has 7 nitrogen and oxygen atoms in total. The van der Waals surface area contributed by atoms with E-state index in [0.29, 0.717) is 12.1 Å². The third kappa shape index (κ3) is 8.34. The highest BCUT2D eigenvalue weighted by atomic mass is 16.6. The molecular formula is C30H43N3O4. The number of anilines is 1. The highest BCUT2D eigenvalue weighted by Crippen LogP contribution is 2.30. The molecule has 0 heterocycles. The summed E-state index contributed by atoms with van der Waals surface area (Å²) in [6.07, 6.45) is -0.247. The maximum atomic E-state index is 14.0. The third-order valence-electron chi connectivity index (χ3n) is 6.10. The van der Waals surface area contributed by atoms with Crippen molar-refractivity contribution >= 4 is 23.6 Å². The minimum absolute atomic E-state index is 0.127. The number of carbonyl (C=O) groups excluding carboxylic acids is 3. The number of likely N-dealkylation sites (N-methyl/N-ethyl adjacent to an activating group) is 1. The van der Waals surface area contributed by atoms with Gasteiger partial charge in [-0.25, -0.2) is 4.79 Å². The van der Waals surface area contributed by atoms with Crippen molar-refractivity contribution in [1.29, 1.82) is 0 Å². The van der Waals surface area contributed by atoms with E-state index < -0.39 is 23.8 Å². The molecular weight excluding hydrogens is 466 g/mol. The molecule has 2 aromatic rings. The molecule has 7 heteroatoms. The Kier molecular flexibility index (Phi) is 10.3. The summed E-state index contributed by atoms with van der Waals surface area (Å²) in [5.74, 6) is -0.501. The summed E-state index contributed by atoms with van der Waals surface area (Å²) in [4.78, 5) is 42.2. The van der Waals surface area contributed by atoms with E-state index in [1.165, 1.54) is 0 Å². The number of benzene rings is 2. The standard InChI is InChI=1S/C30H43N3O4/c1-10-33(28(35)24(18-19(2)3)32-29(36)37-30(7,8)9)26(25-21(5)15-13-16-22(25)6)27(34)31-23-17-12-11-14-20(23)4/h11-17,19,24,26H,10,18H2,1-9H3,(H,31,34)(H,32,36). The van der Waals surface area contributed by atoms with Crippen LogP contribution >= 0.6 is 0 Å². The van der Waals surface area contributed by atoms with Crippen LogP contribution in [0.3, 0.4) is 0 Å². The first-order valence-corrected chi connectivity index (χ1v) is 13.0. The molecule has 0 aliphatic carbocycles. The number of rotatable bonds is 9. The van der Waals surface area contributed by atoms with E-state index in [-0.39, 0.29) is 24.3 Å². The first kappa shape index (κ1) is 29.9. The Hall–Kier alpha value is -3.35. The lowest BCUT2D eigenvalue weighted by molar-refractivity contribution is -0.140. The Bertz CT molecular complexity index is 1080. The SMILES string of the molecule is CCN(C(=O)C(CC(C)C)NC(=O)OC(C)(C)C)C(C(=O)Nc1ccccc1C)c1c(C)cccc1C. The maximum Gasteiger partial charge on any atom is 0.408 e. The summed E-state index contributed by atoms with van der Waals surface area (Å²) < 4.78 is 5.44. The fraction of sp³-hybridized carbons (Fsp3) is 0.500. The van der Waals surface area contributed by atoms with E-state index in [1.807, 2.05) is 84.0 Å². The smallest absolute Gasteiger partial charge is 0.408 e. The van der Waals surface area contributed by atoms with E-state index >= 15 is 0 Å². The number of ether oxygens (including phenoxy) is 1. The topological polar surface area (TPSA) is 87.7 Å². The molecule has 2 atom stereocenters. The first-order valence-electron chi connectivity index (χ1n) is 13.0. The second-order valence-corrected chi connectivity index (χ2v) is 11.0. The van der Waals surface area contributed by atoms with Crippen molar-refractivity contribution in [1.82, 2.24) is 10.2 Å². The van der Waals surface area contributed by atoms with Crippen LogP contribution in [-0.2, 0) is 14.3 Å². The summed E-state index contributed by atoms with van der Waals surface area (Å²) in [7, 11) is 0. The molecule has 0 radical (unpaired) electrons. The minimum atomic E-state index is -0.881. The zero-order valence-electron chi connectivity index (χ0n) is 23.8. The van der Waals surface area contributed by atoms with Gasteiger partial charge in [-0.3, -0.25) is 9.59 Å². The highest BCUT2D eigenvalue weighted by Gasteiger charge is 2.37. The van der Waals surface area contributed by atoms with Crippen molar-refractivity contribution in [3.63, 3.8) is 0 Å². The normalized spacial score (nSPS) is 13.0. The van der Waals surface area contributed by atoms with Crippen LogP contribution in [0.15, 0.2) is 42.5 Å². The van der Waals surface area contributed by atoms with Crippen LogP contribution in [0.5, 0.6) is 0 Å². The Morgan fingerprint density at radius 3 is 2.00 bits per heavy atom. The molecule has 2 aromatic carbocycles. The molecule has 0 aliphatic rings. The van der Waals surface area contributed by atoms with Gasteiger partial charge in [0, 0.05) is 12.2 Å². The van der Waals surface area contributed by atoms with Crippen LogP contribution in [-0.4, -0.2) is 41.0 Å². The number of carbonyl (C=O) groups is 3. The third-order valence-corrected chi connectivity index (χ3v) is 6.10. The Balaban J connectivity index is 2.53. The summed E-state index contributed by atoms with van der Waals surface area (Å²) in [5.41, 5.74) is 3.53. The minimum Gasteiger partial charge on any atom is -0.444 e. The zero-order valence-corrected chi connectivity index (χ0v) is 23.8. The molecule has 0 aromatic heterocycles. The summed E-state index contributed by atoms with van der Waals surface area (Å²) >= 11 is 0. The fourth-order valence-electron chi connectivity index (χ4n) is 4.41.